The topological polar surface area (TPSA) is 69.1 Å². The third-order valence-electron chi connectivity index (χ3n) is 2.32. The third kappa shape index (κ3) is 4.64. The van der Waals surface area contributed by atoms with E-state index in [0.717, 1.165) is 6.07 Å². The number of alkyl halides is 3. The zero-order chi connectivity index (χ0) is 15.2. The quantitative estimate of drug-likeness (QED) is 0.827. The highest BCUT2D eigenvalue weighted by atomic mass is 19.4. The normalized spacial score (nSPS) is 10.3. The molecule has 0 bridgehead atoms. The van der Waals surface area contributed by atoms with E-state index >= 15 is 0 Å². The van der Waals surface area contributed by atoms with Gasteiger partial charge in [-0.2, -0.15) is 13.2 Å². The van der Waals surface area contributed by atoms with Crippen molar-refractivity contribution in [1.82, 2.24) is 0 Å². The number of hydrogen-bond acceptors (Lipinski definition) is 1. The predicted molar refractivity (Wildman–Crippen MR) is 70.7 cm³/mol. The number of carbonyl (C=O) groups is 1. The Morgan fingerprint density at radius 1 is 0.850 bits per heavy atom. The van der Waals surface area contributed by atoms with Gasteiger partial charge in [-0.25, -0.2) is 4.79 Å². The minimum Gasteiger partial charge on any atom is -0.352 e. The van der Waals surface area contributed by atoms with Crippen LogP contribution in [0.25, 0.3) is 11.1 Å². The summed E-state index contributed by atoms with van der Waals surface area (Å²) in [7, 11) is 0. The summed E-state index contributed by atoms with van der Waals surface area (Å²) in [6.07, 6.45) is -4.31. The average molecular weight is 282 g/mol. The van der Waals surface area contributed by atoms with Crippen molar-refractivity contribution >= 4 is 6.03 Å². The lowest BCUT2D eigenvalue weighted by Gasteiger charge is -2.12. The highest BCUT2D eigenvalue weighted by molar-refractivity contribution is 5.69. The van der Waals surface area contributed by atoms with E-state index in [2.05, 4.69) is 11.5 Å². The zero-order valence-electron chi connectivity index (χ0n) is 10.4. The number of carbonyl (C=O) groups excluding carboxylic acids is 1. The van der Waals surface area contributed by atoms with Gasteiger partial charge in [0, 0.05) is 0 Å². The molecule has 0 aliphatic carbocycles. The van der Waals surface area contributed by atoms with Crippen molar-refractivity contribution < 1.29 is 18.0 Å². The molecule has 0 aliphatic rings. The summed E-state index contributed by atoms with van der Waals surface area (Å²) in [6, 6.07) is 13.3. The molecule has 0 fully saturated rings. The molecule has 0 saturated heterocycles. The lowest BCUT2D eigenvalue weighted by Crippen LogP contribution is -2.18. The van der Waals surface area contributed by atoms with Gasteiger partial charge in [-0.3, -0.25) is 0 Å². The highest BCUT2D eigenvalue weighted by Gasteiger charge is 2.33. The van der Waals surface area contributed by atoms with Crippen LogP contribution in [0.3, 0.4) is 0 Å². The Kier molecular flexibility index (Phi) is 5.14. The zero-order valence-corrected chi connectivity index (χ0v) is 10.4. The molecule has 2 rings (SSSR count). The monoisotopic (exact) mass is 282 g/mol. The second kappa shape index (κ2) is 6.60. The summed E-state index contributed by atoms with van der Waals surface area (Å²) in [6.45, 7) is 0. The minimum absolute atomic E-state index is 0.218. The van der Waals surface area contributed by atoms with Crippen LogP contribution in [0.5, 0.6) is 0 Å². The molecular weight excluding hydrogens is 269 g/mol. The van der Waals surface area contributed by atoms with Crippen LogP contribution in [0.2, 0.25) is 0 Å². The van der Waals surface area contributed by atoms with Gasteiger partial charge in [-0.05, 0) is 17.2 Å². The van der Waals surface area contributed by atoms with Gasteiger partial charge < -0.3 is 11.5 Å². The van der Waals surface area contributed by atoms with E-state index in [1.165, 1.54) is 12.1 Å². The molecule has 4 N–H and O–H groups in total. The smallest absolute Gasteiger partial charge is 0.352 e. The maximum absolute atomic E-state index is 12.7. The van der Waals surface area contributed by atoms with E-state index in [4.69, 9.17) is 4.79 Å². The molecule has 0 saturated carbocycles. The first-order valence-corrected chi connectivity index (χ1v) is 5.59. The van der Waals surface area contributed by atoms with Crippen LogP contribution in [0, 0.1) is 0 Å². The summed E-state index contributed by atoms with van der Waals surface area (Å²) in [5, 5.41) is 0. The Labute approximate surface area is 114 Å². The second-order valence-corrected chi connectivity index (χ2v) is 3.81. The number of rotatable bonds is 1. The van der Waals surface area contributed by atoms with E-state index in [1.54, 1.807) is 36.4 Å². The fraction of sp³-hybridized carbons (Fsp3) is 0.0714. The Bertz CT molecular complexity index is 564. The molecule has 20 heavy (non-hydrogen) atoms. The van der Waals surface area contributed by atoms with E-state index in [9.17, 15) is 13.2 Å². The molecule has 0 unspecified atom stereocenters. The van der Waals surface area contributed by atoms with Crippen molar-refractivity contribution in [3.05, 3.63) is 60.2 Å². The summed E-state index contributed by atoms with van der Waals surface area (Å²) in [5.74, 6) is 0. The van der Waals surface area contributed by atoms with Crippen molar-refractivity contribution in [2.24, 2.45) is 11.5 Å². The summed E-state index contributed by atoms with van der Waals surface area (Å²) in [4.78, 5) is 9.00. The molecular formula is C14H13F3N2O. The lowest BCUT2D eigenvalue weighted by atomic mass is 9.99. The number of benzene rings is 2. The Balaban J connectivity index is 0.000000444. The third-order valence-corrected chi connectivity index (χ3v) is 2.32. The molecule has 6 heteroatoms. The summed E-state index contributed by atoms with van der Waals surface area (Å²) < 4.78 is 38.2. The van der Waals surface area contributed by atoms with Crippen molar-refractivity contribution in [2.45, 2.75) is 6.18 Å². The van der Waals surface area contributed by atoms with Crippen molar-refractivity contribution in [3.63, 3.8) is 0 Å². The van der Waals surface area contributed by atoms with Gasteiger partial charge in [-0.15, -0.1) is 0 Å². The SMILES string of the molecule is FC(F)(F)c1ccccc1-c1ccccc1.NC(N)=O. The fourth-order valence-corrected chi connectivity index (χ4v) is 1.60. The van der Waals surface area contributed by atoms with Crippen LogP contribution in [0.1, 0.15) is 5.56 Å². The molecule has 2 aromatic rings. The first-order chi connectivity index (χ1) is 9.32. The number of amides is 2. The van der Waals surface area contributed by atoms with E-state index < -0.39 is 17.8 Å². The van der Waals surface area contributed by atoms with Crippen LogP contribution in [-0.2, 0) is 6.18 Å². The van der Waals surface area contributed by atoms with Gasteiger partial charge >= 0.3 is 12.2 Å². The van der Waals surface area contributed by atoms with E-state index in [1.807, 2.05) is 0 Å². The average Bonchev–Trinajstić information content (AvgIpc) is 2.38. The van der Waals surface area contributed by atoms with Gasteiger partial charge in [0.2, 0.25) is 0 Å². The molecule has 2 aromatic carbocycles. The van der Waals surface area contributed by atoms with Crippen LogP contribution in [0.4, 0.5) is 18.0 Å². The van der Waals surface area contributed by atoms with Gasteiger partial charge in [0.1, 0.15) is 0 Å². The molecule has 0 spiro atoms. The first-order valence-electron chi connectivity index (χ1n) is 5.59. The van der Waals surface area contributed by atoms with Crippen molar-refractivity contribution in [3.8, 4) is 11.1 Å². The van der Waals surface area contributed by atoms with Crippen LogP contribution in [-0.4, -0.2) is 6.03 Å². The molecule has 0 aromatic heterocycles. The number of urea groups is 1. The fourth-order valence-electron chi connectivity index (χ4n) is 1.60. The Morgan fingerprint density at radius 2 is 1.30 bits per heavy atom. The number of hydrogen-bond donors (Lipinski definition) is 2. The maximum Gasteiger partial charge on any atom is 0.417 e. The van der Waals surface area contributed by atoms with E-state index in [0.29, 0.717) is 5.56 Å². The number of nitrogens with two attached hydrogens (primary N) is 2. The molecule has 0 heterocycles. The molecule has 106 valence electrons. The van der Waals surface area contributed by atoms with Gasteiger partial charge in [0.25, 0.3) is 0 Å². The van der Waals surface area contributed by atoms with E-state index in [-0.39, 0.29) is 5.56 Å². The lowest BCUT2D eigenvalue weighted by molar-refractivity contribution is -0.137. The Morgan fingerprint density at radius 3 is 1.80 bits per heavy atom. The van der Waals surface area contributed by atoms with Gasteiger partial charge in [0.05, 0.1) is 5.56 Å². The van der Waals surface area contributed by atoms with Crippen LogP contribution < -0.4 is 11.5 Å². The Hall–Kier alpha value is -2.50. The molecule has 0 aliphatic heterocycles. The highest BCUT2D eigenvalue weighted by Crippen LogP contribution is 2.36. The molecule has 0 atom stereocenters. The minimum atomic E-state index is -4.31. The van der Waals surface area contributed by atoms with Gasteiger partial charge in [0.15, 0.2) is 0 Å². The van der Waals surface area contributed by atoms with Gasteiger partial charge in [-0.1, -0.05) is 48.5 Å². The van der Waals surface area contributed by atoms with Crippen LogP contribution in [0.15, 0.2) is 54.6 Å². The summed E-state index contributed by atoms with van der Waals surface area (Å²) in [5.41, 5.74) is 8.70. The molecule has 2 amide bonds. The standard InChI is InChI=1S/C13H9F3.CH4N2O/c14-13(15,16)12-9-5-4-8-11(12)10-6-2-1-3-7-10;2-1(3)4/h1-9H;(H4,2,3,4). The number of halogens is 3. The predicted octanol–water partition coefficient (Wildman–Crippen LogP) is 3.40. The van der Waals surface area contributed by atoms with Crippen molar-refractivity contribution in [2.75, 3.05) is 0 Å². The largest absolute Gasteiger partial charge is 0.417 e. The molecule has 3 nitrogen and oxygen atoms in total. The van der Waals surface area contributed by atoms with Crippen LogP contribution >= 0.6 is 0 Å². The maximum atomic E-state index is 12.7. The molecule has 0 radical (unpaired) electrons. The van der Waals surface area contributed by atoms with Crippen molar-refractivity contribution in [1.29, 1.82) is 0 Å². The number of primary amides is 2. The second-order valence-electron chi connectivity index (χ2n) is 3.81. The first kappa shape index (κ1) is 15.6. The summed E-state index contributed by atoms with van der Waals surface area (Å²) >= 11 is 0.